The van der Waals surface area contributed by atoms with Crippen molar-refractivity contribution in [2.24, 2.45) is 0 Å². The van der Waals surface area contributed by atoms with E-state index in [1.165, 1.54) is 0 Å². The van der Waals surface area contributed by atoms with Crippen molar-refractivity contribution >= 4 is 5.69 Å². The first kappa shape index (κ1) is 15.0. The second kappa shape index (κ2) is 6.88. The molecule has 2 aromatic carbocycles. The molecule has 4 heteroatoms. The number of hydrogen-bond donors (Lipinski definition) is 2. The van der Waals surface area contributed by atoms with Gasteiger partial charge < -0.3 is 19.9 Å². The Bertz CT molecular complexity index is 611. The number of phenolic OH excluding ortho intramolecular Hbond substituents is 1. The highest BCUT2D eigenvalue weighted by Gasteiger charge is 2.09. The van der Waals surface area contributed by atoms with Crippen LogP contribution in [0.2, 0.25) is 0 Å². The fraction of sp³-hybridized carbons (Fsp3) is 0.294. The minimum Gasteiger partial charge on any atom is -0.504 e. The van der Waals surface area contributed by atoms with Gasteiger partial charge in [0.05, 0.1) is 19.4 Å². The minimum atomic E-state index is 0.179. The van der Waals surface area contributed by atoms with E-state index in [1.807, 2.05) is 44.2 Å². The van der Waals surface area contributed by atoms with E-state index >= 15 is 0 Å². The highest BCUT2D eigenvalue weighted by atomic mass is 16.5. The van der Waals surface area contributed by atoms with Crippen LogP contribution >= 0.6 is 0 Å². The molecule has 0 atom stereocenters. The molecule has 0 radical (unpaired) electrons. The number of aromatic hydroxyl groups is 1. The topological polar surface area (TPSA) is 50.7 Å². The Kier molecular flexibility index (Phi) is 4.93. The Balaban J connectivity index is 2.17. The Morgan fingerprint density at radius 3 is 2.67 bits per heavy atom. The van der Waals surface area contributed by atoms with Crippen LogP contribution in [0.5, 0.6) is 17.2 Å². The van der Waals surface area contributed by atoms with Gasteiger partial charge in [0, 0.05) is 12.1 Å². The maximum absolute atomic E-state index is 10.2. The number of nitrogens with one attached hydrogen (secondary N) is 1. The molecule has 2 aromatic rings. The second-order valence-electron chi connectivity index (χ2n) is 4.75. The van der Waals surface area contributed by atoms with Crippen LogP contribution in [-0.4, -0.2) is 18.8 Å². The van der Waals surface area contributed by atoms with Gasteiger partial charge in [0.2, 0.25) is 0 Å². The van der Waals surface area contributed by atoms with Crippen LogP contribution in [0, 0.1) is 6.92 Å². The van der Waals surface area contributed by atoms with Gasteiger partial charge in [-0.25, -0.2) is 0 Å². The predicted octanol–water partition coefficient (Wildman–Crippen LogP) is 3.72. The Morgan fingerprint density at radius 2 is 1.95 bits per heavy atom. The van der Waals surface area contributed by atoms with Gasteiger partial charge in [-0.15, -0.1) is 0 Å². The van der Waals surface area contributed by atoms with Crippen LogP contribution in [0.3, 0.4) is 0 Å². The van der Waals surface area contributed by atoms with E-state index in [9.17, 15) is 5.11 Å². The van der Waals surface area contributed by atoms with Crippen molar-refractivity contribution in [3.8, 4) is 17.2 Å². The third-order valence-electron chi connectivity index (χ3n) is 3.21. The maximum atomic E-state index is 10.2. The number of rotatable bonds is 6. The molecule has 0 aliphatic carbocycles. The third kappa shape index (κ3) is 3.60. The molecule has 0 bridgehead atoms. The molecule has 0 spiro atoms. The number of phenols is 1. The molecule has 0 unspecified atom stereocenters. The first-order chi connectivity index (χ1) is 10.2. The summed E-state index contributed by atoms with van der Waals surface area (Å²) >= 11 is 0. The lowest BCUT2D eigenvalue weighted by molar-refractivity contribution is 0.317. The Hall–Kier alpha value is -2.36. The van der Waals surface area contributed by atoms with E-state index in [4.69, 9.17) is 9.47 Å². The number of methoxy groups -OCH3 is 1. The molecule has 4 nitrogen and oxygen atoms in total. The van der Waals surface area contributed by atoms with Gasteiger partial charge in [-0.2, -0.15) is 0 Å². The van der Waals surface area contributed by atoms with Gasteiger partial charge in [-0.05, 0) is 37.6 Å². The summed E-state index contributed by atoms with van der Waals surface area (Å²) in [4.78, 5) is 0. The second-order valence-corrected chi connectivity index (χ2v) is 4.75. The van der Waals surface area contributed by atoms with Gasteiger partial charge in [-0.1, -0.05) is 18.2 Å². The Morgan fingerprint density at radius 1 is 1.14 bits per heavy atom. The largest absolute Gasteiger partial charge is 0.504 e. The molecular formula is C17H21NO3. The summed E-state index contributed by atoms with van der Waals surface area (Å²) in [6.45, 7) is 4.93. The molecule has 0 saturated heterocycles. The maximum Gasteiger partial charge on any atom is 0.162 e. The first-order valence-electron chi connectivity index (χ1n) is 6.98. The lowest BCUT2D eigenvalue weighted by atomic mass is 10.1. The van der Waals surface area contributed by atoms with Crippen molar-refractivity contribution in [3.05, 3.63) is 47.5 Å². The number of hydrogen-bond acceptors (Lipinski definition) is 4. The van der Waals surface area contributed by atoms with Crippen molar-refractivity contribution in [3.63, 3.8) is 0 Å². The van der Waals surface area contributed by atoms with Crippen molar-refractivity contribution in [1.82, 2.24) is 0 Å². The first-order valence-corrected chi connectivity index (χ1v) is 6.98. The standard InChI is InChI=1S/C17H21NO3/c1-4-21-16-7-5-6-13(17(16)19)11-18-14-10-12(2)8-9-15(14)20-3/h5-10,18-19H,4,11H2,1-3H3. The van der Waals surface area contributed by atoms with Crippen LogP contribution in [0.25, 0.3) is 0 Å². The Labute approximate surface area is 125 Å². The van der Waals surface area contributed by atoms with Crippen molar-refractivity contribution in [2.75, 3.05) is 19.0 Å². The number of para-hydroxylation sites is 1. The van der Waals surface area contributed by atoms with E-state index in [2.05, 4.69) is 5.32 Å². The number of anilines is 1. The van der Waals surface area contributed by atoms with E-state index in [1.54, 1.807) is 13.2 Å². The quantitative estimate of drug-likeness (QED) is 0.850. The summed E-state index contributed by atoms with van der Waals surface area (Å²) in [6.07, 6.45) is 0. The lowest BCUT2D eigenvalue weighted by Gasteiger charge is -2.14. The van der Waals surface area contributed by atoms with Crippen LogP contribution in [-0.2, 0) is 6.54 Å². The van der Waals surface area contributed by atoms with Gasteiger partial charge in [0.1, 0.15) is 5.75 Å². The molecule has 0 amide bonds. The summed E-state index contributed by atoms with van der Waals surface area (Å²) in [7, 11) is 1.64. The highest BCUT2D eigenvalue weighted by Crippen LogP contribution is 2.31. The van der Waals surface area contributed by atoms with E-state index in [0.29, 0.717) is 18.9 Å². The zero-order chi connectivity index (χ0) is 15.2. The summed E-state index contributed by atoms with van der Waals surface area (Å²) in [5, 5.41) is 13.5. The van der Waals surface area contributed by atoms with Gasteiger partial charge in [0.25, 0.3) is 0 Å². The van der Waals surface area contributed by atoms with Crippen LogP contribution in [0.15, 0.2) is 36.4 Å². The molecule has 0 aliphatic rings. The number of aryl methyl sites for hydroxylation is 1. The van der Waals surface area contributed by atoms with Crippen molar-refractivity contribution < 1.29 is 14.6 Å². The molecule has 2 N–H and O–H groups in total. The average Bonchev–Trinajstić information content (AvgIpc) is 2.48. The van der Waals surface area contributed by atoms with E-state index < -0.39 is 0 Å². The molecule has 112 valence electrons. The van der Waals surface area contributed by atoms with Crippen LogP contribution in [0.1, 0.15) is 18.1 Å². The smallest absolute Gasteiger partial charge is 0.162 e. The van der Waals surface area contributed by atoms with Crippen LogP contribution < -0.4 is 14.8 Å². The monoisotopic (exact) mass is 287 g/mol. The third-order valence-corrected chi connectivity index (χ3v) is 3.21. The van der Waals surface area contributed by atoms with E-state index in [-0.39, 0.29) is 5.75 Å². The number of benzene rings is 2. The normalized spacial score (nSPS) is 10.2. The molecule has 2 rings (SSSR count). The molecular weight excluding hydrogens is 266 g/mol. The predicted molar refractivity (Wildman–Crippen MR) is 84.3 cm³/mol. The molecule has 0 aromatic heterocycles. The lowest BCUT2D eigenvalue weighted by Crippen LogP contribution is -2.03. The van der Waals surface area contributed by atoms with Gasteiger partial charge in [-0.3, -0.25) is 0 Å². The SMILES string of the molecule is CCOc1cccc(CNc2cc(C)ccc2OC)c1O. The molecule has 0 fully saturated rings. The van der Waals surface area contributed by atoms with Crippen LogP contribution in [0.4, 0.5) is 5.69 Å². The molecule has 0 heterocycles. The fourth-order valence-corrected chi connectivity index (χ4v) is 2.13. The average molecular weight is 287 g/mol. The zero-order valence-electron chi connectivity index (χ0n) is 12.6. The molecule has 0 aliphatic heterocycles. The number of ether oxygens (including phenoxy) is 2. The summed E-state index contributed by atoms with van der Waals surface area (Å²) in [5.74, 6) is 1.47. The summed E-state index contributed by atoms with van der Waals surface area (Å²) in [6, 6.07) is 11.4. The van der Waals surface area contributed by atoms with Crippen molar-refractivity contribution in [1.29, 1.82) is 0 Å². The zero-order valence-corrected chi connectivity index (χ0v) is 12.6. The molecule has 0 saturated carbocycles. The fourth-order valence-electron chi connectivity index (χ4n) is 2.13. The van der Waals surface area contributed by atoms with E-state index in [0.717, 1.165) is 22.6 Å². The minimum absolute atomic E-state index is 0.179. The highest BCUT2D eigenvalue weighted by molar-refractivity contribution is 5.59. The van der Waals surface area contributed by atoms with Crippen molar-refractivity contribution in [2.45, 2.75) is 20.4 Å². The van der Waals surface area contributed by atoms with Gasteiger partial charge in [0.15, 0.2) is 11.5 Å². The molecule has 21 heavy (non-hydrogen) atoms. The summed E-state index contributed by atoms with van der Waals surface area (Å²) in [5.41, 5.74) is 2.83. The summed E-state index contributed by atoms with van der Waals surface area (Å²) < 4.78 is 10.7. The van der Waals surface area contributed by atoms with Gasteiger partial charge >= 0.3 is 0 Å².